The Morgan fingerprint density at radius 1 is 1.50 bits per heavy atom. The van der Waals surface area contributed by atoms with Crippen molar-refractivity contribution in [2.24, 2.45) is 7.05 Å². The molecular weight excluding hydrogens is 222 g/mol. The van der Waals surface area contributed by atoms with Crippen LogP contribution in [0.4, 0.5) is 0 Å². The lowest BCUT2D eigenvalue weighted by Crippen LogP contribution is -2.10. The molecule has 2 aromatic heterocycles. The molecule has 16 heavy (non-hydrogen) atoms. The molecule has 2 heterocycles. The second-order valence-corrected chi connectivity index (χ2v) is 4.77. The van der Waals surface area contributed by atoms with E-state index in [1.54, 1.807) is 17.5 Å². The molecule has 0 aliphatic carbocycles. The predicted molar refractivity (Wildman–Crippen MR) is 62.5 cm³/mol. The van der Waals surface area contributed by atoms with Gasteiger partial charge in [-0.25, -0.2) is 9.97 Å². The van der Waals surface area contributed by atoms with Gasteiger partial charge in [0.2, 0.25) is 0 Å². The van der Waals surface area contributed by atoms with Crippen LogP contribution < -0.4 is 0 Å². The fourth-order valence-electron chi connectivity index (χ4n) is 1.50. The maximum absolute atomic E-state index is 11.8. The molecule has 2 aromatic rings. The Kier molecular flexibility index (Phi) is 3.14. The van der Waals surface area contributed by atoms with Crippen molar-refractivity contribution in [3.8, 4) is 0 Å². The Balaban J connectivity index is 1.97. The highest BCUT2D eigenvalue weighted by molar-refractivity contribution is 7.09. The van der Waals surface area contributed by atoms with Gasteiger partial charge in [0.05, 0.1) is 17.1 Å². The van der Waals surface area contributed by atoms with Crippen LogP contribution >= 0.6 is 11.3 Å². The lowest BCUT2D eigenvalue weighted by Gasteiger charge is -1.99. The van der Waals surface area contributed by atoms with Crippen LogP contribution in [0.15, 0.2) is 17.8 Å². The molecule has 0 bridgehead atoms. The van der Waals surface area contributed by atoms with Crippen LogP contribution in [0.5, 0.6) is 0 Å². The first-order valence-electron chi connectivity index (χ1n) is 5.04. The summed E-state index contributed by atoms with van der Waals surface area (Å²) in [5, 5.41) is 2.94. The molecule has 0 spiro atoms. The number of aromatic nitrogens is 3. The van der Waals surface area contributed by atoms with Crippen molar-refractivity contribution in [3.63, 3.8) is 0 Å². The second-order valence-electron chi connectivity index (χ2n) is 3.70. The number of hydrogen-bond donors (Lipinski definition) is 0. The van der Waals surface area contributed by atoms with Gasteiger partial charge in [-0.15, -0.1) is 11.3 Å². The summed E-state index contributed by atoms with van der Waals surface area (Å²) in [6, 6.07) is 0. The van der Waals surface area contributed by atoms with Crippen LogP contribution in [0, 0.1) is 6.92 Å². The van der Waals surface area contributed by atoms with Crippen LogP contribution in [0.2, 0.25) is 0 Å². The second kappa shape index (κ2) is 4.57. The van der Waals surface area contributed by atoms with Crippen LogP contribution in [-0.4, -0.2) is 20.3 Å². The van der Waals surface area contributed by atoms with E-state index < -0.39 is 0 Å². The first kappa shape index (κ1) is 11.0. The van der Waals surface area contributed by atoms with Crippen LogP contribution in [0.25, 0.3) is 0 Å². The number of rotatable bonds is 4. The predicted octanol–water partition coefficient (Wildman–Crippen LogP) is 1.54. The van der Waals surface area contributed by atoms with Crippen LogP contribution in [-0.2, 0) is 24.7 Å². The van der Waals surface area contributed by atoms with Gasteiger partial charge in [-0.05, 0) is 6.92 Å². The van der Waals surface area contributed by atoms with Crippen molar-refractivity contribution in [1.29, 1.82) is 0 Å². The molecule has 4 nitrogen and oxygen atoms in total. The van der Waals surface area contributed by atoms with E-state index in [0.717, 1.165) is 16.5 Å². The summed E-state index contributed by atoms with van der Waals surface area (Å²) in [6.07, 6.45) is 4.32. The number of thiazole rings is 1. The molecule has 84 valence electrons. The highest BCUT2D eigenvalue weighted by Crippen LogP contribution is 2.09. The minimum absolute atomic E-state index is 0.152. The summed E-state index contributed by atoms with van der Waals surface area (Å²) in [4.78, 5) is 20.2. The maximum atomic E-state index is 11.8. The highest BCUT2D eigenvalue weighted by atomic mass is 32.1. The number of Topliss-reactive ketones (excluding diaryl/α,β-unsaturated/α-hetero) is 1. The molecule has 0 N–H and O–H groups in total. The molecule has 0 aliphatic rings. The molecular formula is C11H13N3OS. The Labute approximate surface area is 98.0 Å². The fraction of sp³-hybridized carbons (Fsp3) is 0.364. The van der Waals surface area contributed by atoms with E-state index in [1.807, 2.05) is 30.1 Å². The van der Waals surface area contributed by atoms with Crippen molar-refractivity contribution in [2.75, 3.05) is 0 Å². The zero-order valence-electron chi connectivity index (χ0n) is 9.30. The smallest absolute Gasteiger partial charge is 0.146 e. The van der Waals surface area contributed by atoms with Crippen LogP contribution in [0.3, 0.4) is 0 Å². The van der Waals surface area contributed by atoms with E-state index in [2.05, 4.69) is 9.97 Å². The summed E-state index contributed by atoms with van der Waals surface area (Å²) in [5.41, 5.74) is 0.863. The van der Waals surface area contributed by atoms with Crippen molar-refractivity contribution in [3.05, 3.63) is 34.3 Å². The number of aryl methyl sites for hydroxylation is 2. The first-order chi connectivity index (χ1) is 7.65. The van der Waals surface area contributed by atoms with Gasteiger partial charge in [-0.2, -0.15) is 0 Å². The molecule has 0 saturated carbocycles. The minimum Gasteiger partial charge on any atom is -0.338 e. The lowest BCUT2D eigenvalue weighted by molar-refractivity contribution is -0.118. The molecule has 5 heteroatoms. The zero-order valence-corrected chi connectivity index (χ0v) is 10.1. The van der Waals surface area contributed by atoms with Gasteiger partial charge in [-0.1, -0.05) is 0 Å². The first-order valence-corrected chi connectivity index (χ1v) is 5.92. The summed E-state index contributed by atoms with van der Waals surface area (Å²) >= 11 is 1.57. The third-order valence-corrected chi connectivity index (χ3v) is 3.14. The molecule has 0 aliphatic heterocycles. The average Bonchev–Trinajstić information content (AvgIpc) is 2.77. The Morgan fingerprint density at radius 2 is 2.31 bits per heavy atom. The summed E-state index contributed by atoms with van der Waals surface area (Å²) in [7, 11) is 1.89. The number of ketones is 1. The number of imidazole rings is 1. The maximum Gasteiger partial charge on any atom is 0.146 e. The Morgan fingerprint density at radius 3 is 2.88 bits per heavy atom. The lowest BCUT2D eigenvalue weighted by atomic mass is 10.2. The van der Waals surface area contributed by atoms with E-state index in [0.29, 0.717) is 12.8 Å². The van der Waals surface area contributed by atoms with Crippen molar-refractivity contribution in [1.82, 2.24) is 14.5 Å². The molecule has 0 fully saturated rings. The fourth-order valence-corrected chi connectivity index (χ4v) is 2.11. The van der Waals surface area contributed by atoms with Gasteiger partial charge in [0, 0.05) is 31.2 Å². The third kappa shape index (κ3) is 2.55. The summed E-state index contributed by atoms with van der Waals surface area (Å²) in [6.45, 7) is 1.94. The van der Waals surface area contributed by atoms with Gasteiger partial charge in [-0.3, -0.25) is 4.79 Å². The van der Waals surface area contributed by atoms with E-state index in [4.69, 9.17) is 0 Å². The molecule has 0 amide bonds. The Hall–Kier alpha value is -1.49. The molecule has 0 aromatic carbocycles. The quantitative estimate of drug-likeness (QED) is 0.807. The van der Waals surface area contributed by atoms with Gasteiger partial charge in [0.25, 0.3) is 0 Å². The SMILES string of the molecule is Cc1nc(CC(=O)Cc2nccn2C)cs1. The van der Waals surface area contributed by atoms with E-state index in [1.165, 1.54) is 0 Å². The summed E-state index contributed by atoms with van der Waals surface area (Å²) in [5.74, 6) is 0.955. The summed E-state index contributed by atoms with van der Waals surface area (Å²) < 4.78 is 1.87. The van der Waals surface area contributed by atoms with Gasteiger partial charge >= 0.3 is 0 Å². The number of carbonyl (C=O) groups excluding carboxylic acids is 1. The third-order valence-electron chi connectivity index (χ3n) is 2.32. The standard InChI is InChI=1S/C11H13N3OS/c1-8-13-9(7-16-8)5-10(15)6-11-12-3-4-14(11)2/h3-4,7H,5-6H2,1-2H3. The molecule has 2 rings (SSSR count). The molecule has 0 radical (unpaired) electrons. The number of carbonyl (C=O) groups is 1. The molecule has 0 atom stereocenters. The number of nitrogens with zero attached hydrogens (tertiary/aromatic N) is 3. The topological polar surface area (TPSA) is 47.8 Å². The molecule has 0 saturated heterocycles. The van der Waals surface area contributed by atoms with Crippen molar-refractivity contribution < 1.29 is 4.79 Å². The van der Waals surface area contributed by atoms with Gasteiger partial charge < -0.3 is 4.57 Å². The zero-order chi connectivity index (χ0) is 11.5. The van der Waals surface area contributed by atoms with E-state index in [-0.39, 0.29) is 5.78 Å². The molecule has 0 unspecified atom stereocenters. The van der Waals surface area contributed by atoms with Crippen molar-refractivity contribution >= 4 is 17.1 Å². The van der Waals surface area contributed by atoms with E-state index in [9.17, 15) is 4.79 Å². The minimum atomic E-state index is 0.152. The normalized spacial score (nSPS) is 10.6. The highest BCUT2D eigenvalue weighted by Gasteiger charge is 2.10. The van der Waals surface area contributed by atoms with Crippen LogP contribution in [0.1, 0.15) is 16.5 Å². The van der Waals surface area contributed by atoms with E-state index >= 15 is 0 Å². The Bertz CT molecular complexity index is 501. The van der Waals surface area contributed by atoms with Gasteiger partial charge in [0.1, 0.15) is 11.6 Å². The van der Waals surface area contributed by atoms with Crippen molar-refractivity contribution in [2.45, 2.75) is 19.8 Å². The monoisotopic (exact) mass is 235 g/mol. The number of hydrogen-bond acceptors (Lipinski definition) is 4. The largest absolute Gasteiger partial charge is 0.338 e. The van der Waals surface area contributed by atoms with Gasteiger partial charge in [0.15, 0.2) is 0 Å². The average molecular weight is 235 g/mol.